The molecule has 0 aliphatic carbocycles. The smallest absolute Gasteiger partial charge is 0.430 e. The highest BCUT2D eigenvalue weighted by atomic mass is 35.5. The molecule has 1 heterocycles. The number of amides is 1. The summed E-state index contributed by atoms with van der Waals surface area (Å²) in [5.74, 6) is 0. The van der Waals surface area contributed by atoms with Crippen molar-refractivity contribution in [2.75, 3.05) is 0 Å². The molecule has 4 nitrogen and oxygen atoms in total. The van der Waals surface area contributed by atoms with Crippen molar-refractivity contribution in [3.63, 3.8) is 0 Å². The highest BCUT2D eigenvalue weighted by Gasteiger charge is 2.14. The molecule has 0 bridgehead atoms. The van der Waals surface area contributed by atoms with E-state index in [0.717, 1.165) is 5.01 Å². The molecule has 0 aromatic rings. The Morgan fingerprint density at radius 1 is 1.82 bits per heavy atom. The minimum Gasteiger partial charge on any atom is -0.463 e. The Labute approximate surface area is 68.7 Å². The third kappa shape index (κ3) is 1.65. The van der Waals surface area contributed by atoms with Crippen molar-refractivity contribution in [2.24, 2.45) is 0 Å². The Morgan fingerprint density at radius 2 is 2.45 bits per heavy atom. The average molecular weight is 175 g/mol. The summed E-state index contributed by atoms with van der Waals surface area (Å²) in [6, 6.07) is 0. The van der Waals surface area contributed by atoms with E-state index in [-0.39, 0.29) is 0 Å². The van der Waals surface area contributed by atoms with Gasteiger partial charge >= 0.3 is 6.09 Å². The number of carbonyl (C=O) groups is 1. The summed E-state index contributed by atoms with van der Waals surface area (Å²) in [5, 5.41) is 10.0. The van der Waals surface area contributed by atoms with Crippen LogP contribution in [-0.2, 0) is 0 Å². The van der Waals surface area contributed by atoms with Crippen molar-refractivity contribution < 1.29 is 9.90 Å². The zero-order valence-electron chi connectivity index (χ0n) is 5.84. The van der Waals surface area contributed by atoms with Crippen molar-refractivity contribution in [1.29, 1.82) is 0 Å². The number of hydrazine groups is 1. The number of hydrogen-bond donors (Lipinski definition) is 2. The number of rotatable bonds is 0. The van der Waals surface area contributed by atoms with Gasteiger partial charge in [0.05, 0.1) is 5.03 Å². The molecule has 11 heavy (non-hydrogen) atoms. The van der Waals surface area contributed by atoms with Crippen LogP contribution >= 0.6 is 11.6 Å². The van der Waals surface area contributed by atoms with Crippen LogP contribution in [0.25, 0.3) is 0 Å². The van der Waals surface area contributed by atoms with Crippen LogP contribution in [0, 0.1) is 0 Å². The van der Waals surface area contributed by atoms with Crippen LogP contribution in [0.15, 0.2) is 23.0 Å². The van der Waals surface area contributed by atoms with Crippen LogP contribution < -0.4 is 5.43 Å². The molecule has 2 N–H and O–H groups in total. The molecule has 60 valence electrons. The van der Waals surface area contributed by atoms with Gasteiger partial charge in [0.1, 0.15) is 0 Å². The molecule has 0 aromatic carbocycles. The summed E-state index contributed by atoms with van der Waals surface area (Å²) < 4.78 is 0. The monoisotopic (exact) mass is 174 g/mol. The SMILES string of the molecule is CC1=CC(Cl)=CNN1C(=O)O. The fraction of sp³-hybridized carbons (Fsp3) is 0.167. The summed E-state index contributed by atoms with van der Waals surface area (Å²) >= 11 is 5.58. The quantitative estimate of drug-likeness (QED) is 0.585. The summed E-state index contributed by atoms with van der Waals surface area (Å²) in [7, 11) is 0. The molecular formula is C6H7ClN2O2. The lowest BCUT2D eigenvalue weighted by Crippen LogP contribution is -2.38. The zero-order valence-corrected chi connectivity index (χ0v) is 6.59. The second-order valence-corrected chi connectivity index (χ2v) is 2.50. The molecule has 0 saturated carbocycles. The second kappa shape index (κ2) is 2.84. The van der Waals surface area contributed by atoms with Crippen molar-refractivity contribution in [1.82, 2.24) is 10.4 Å². The van der Waals surface area contributed by atoms with E-state index in [4.69, 9.17) is 16.7 Å². The van der Waals surface area contributed by atoms with Crippen LogP contribution in [-0.4, -0.2) is 16.2 Å². The Bertz CT molecular complexity index is 247. The fourth-order valence-corrected chi connectivity index (χ4v) is 0.947. The van der Waals surface area contributed by atoms with Gasteiger partial charge in [-0.15, -0.1) is 0 Å². The number of nitrogens with one attached hydrogen (secondary N) is 1. The predicted octanol–water partition coefficient (Wildman–Crippen LogP) is 1.47. The van der Waals surface area contributed by atoms with Crippen molar-refractivity contribution in [3.05, 3.63) is 23.0 Å². The van der Waals surface area contributed by atoms with E-state index in [1.165, 1.54) is 6.20 Å². The lowest BCUT2D eigenvalue weighted by atomic mass is 10.4. The molecule has 1 aliphatic heterocycles. The first-order valence-electron chi connectivity index (χ1n) is 2.94. The van der Waals surface area contributed by atoms with E-state index < -0.39 is 6.09 Å². The second-order valence-electron chi connectivity index (χ2n) is 2.06. The Kier molecular flexibility index (Phi) is 2.05. The van der Waals surface area contributed by atoms with E-state index in [1.54, 1.807) is 13.0 Å². The first-order chi connectivity index (χ1) is 5.11. The summed E-state index contributed by atoms with van der Waals surface area (Å²) in [5.41, 5.74) is 3.04. The number of halogens is 1. The standard InChI is InChI=1S/C6H7ClN2O2/c1-4-2-5(7)3-8-9(4)6(10)11/h2-3,8H,1H3,(H,10,11). The van der Waals surface area contributed by atoms with Crippen LogP contribution in [0.2, 0.25) is 0 Å². The largest absolute Gasteiger partial charge is 0.463 e. The van der Waals surface area contributed by atoms with Gasteiger partial charge in [-0.05, 0) is 13.0 Å². The molecule has 0 atom stereocenters. The minimum absolute atomic E-state index is 0.486. The number of hydrogen-bond acceptors (Lipinski definition) is 2. The molecule has 1 amide bonds. The summed E-state index contributed by atoms with van der Waals surface area (Å²) in [6.45, 7) is 1.65. The molecule has 0 aromatic heterocycles. The van der Waals surface area contributed by atoms with E-state index in [2.05, 4.69) is 5.43 Å². The van der Waals surface area contributed by atoms with Gasteiger partial charge in [-0.2, -0.15) is 5.01 Å². The van der Waals surface area contributed by atoms with Gasteiger partial charge in [-0.25, -0.2) is 4.79 Å². The van der Waals surface area contributed by atoms with Crippen molar-refractivity contribution >= 4 is 17.7 Å². The third-order valence-electron chi connectivity index (χ3n) is 1.22. The lowest BCUT2D eigenvalue weighted by molar-refractivity contribution is 0.146. The Hall–Kier alpha value is -1.16. The van der Waals surface area contributed by atoms with Crippen molar-refractivity contribution in [2.45, 2.75) is 6.92 Å². The van der Waals surface area contributed by atoms with Gasteiger partial charge in [0.15, 0.2) is 0 Å². The van der Waals surface area contributed by atoms with Gasteiger partial charge < -0.3 is 5.11 Å². The van der Waals surface area contributed by atoms with Crippen molar-refractivity contribution in [3.8, 4) is 0 Å². The predicted molar refractivity (Wildman–Crippen MR) is 40.7 cm³/mol. The van der Waals surface area contributed by atoms with E-state index >= 15 is 0 Å². The summed E-state index contributed by atoms with van der Waals surface area (Å²) in [6.07, 6.45) is 1.91. The summed E-state index contributed by atoms with van der Waals surface area (Å²) in [4.78, 5) is 10.4. The van der Waals surface area contributed by atoms with E-state index in [9.17, 15) is 4.79 Å². The molecule has 0 saturated heterocycles. The van der Waals surface area contributed by atoms with E-state index in [1.807, 2.05) is 0 Å². The maximum absolute atomic E-state index is 10.4. The highest BCUT2D eigenvalue weighted by Crippen LogP contribution is 2.13. The molecule has 5 heteroatoms. The molecule has 0 spiro atoms. The Balaban J connectivity index is 2.80. The minimum atomic E-state index is -1.06. The normalized spacial score (nSPS) is 16.7. The van der Waals surface area contributed by atoms with Crippen LogP contribution in [0.4, 0.5) is 4.79 Å². The molecule has 0 unspecified atom stereocenters. The zero-order chi connectivity index (χ0) is 8.43. The average Bonchev–Trinajstić information content (AvgIpc) is 1.85. The molecule has 1 aliphatic rings. The van der Waals surface area contributed by atoms with Gasteiger partial charge in [0, 0.05) is 11.9 Å². The Morgan fingerprint density at radius 3 is 2.91 bits per heavy atom. The van der Waals surface area contributed by atoms with Crippen LogP contribution in [0.1, 0.15) is 6.92 Å². The molecule has 1 rings (SSSR count). The highest BCUT2D eigenvalue weighted by molar-refractivity contribution is 6.31. The third-order valence-corrected chi connectivity index (χ3v) is 1.44. The molecule has 0 radical (unpaired) electrons. The number of nitrogens with zero attached hydrogens (tertiary/aromatic N) is 1. The molecule has 0 fully saturated rings. The first-order valence-corrected chi connectivity index (χ1v) is 3.32. The van der Waals surface area contributed by atoms with Crippen LogP contribution in [0.5, 0.6) is 0 Å². The molecular weight excluding hydrogens is 168 g/mol. The number of allylic oxidation sites excluding steroid dienone is 3. The van der Waals surface area contributed by atoms with Gasteiger partial charge in [-0.1, -0.05) is 11.6 Å². The van der Waals surface area contributed by atoms with Crippen LogP contribution in [0.3, 0.4) is 0 Å². The van der Waals surface area contributed by atoms with Gasteiger partial charge in [-0.3, -0.25) is 5.43 Å². The fourth-order valence-electron chi connectivity index (χ4n) is 0.740. The first kappa shape index (κ1) is 7.94. The lowest BCUT2D eigenvalue weighted by Gasteiger charge is -2.22. The maximum Gasteiger partial charge on any atom is 0.430 e. The number of carboxylic acid groups (broad SMARTS) is 1. The van der Waals surface area contributed by atoms with E-state index in [0.29, 0.717) is 10.7 Å². The maximum atomic E-state index is 10.4. The van der Waals surface area contributed by atoms with Gasteiger partial charge in [0.25, 0.3) is 0 Å². The topological polar surface area (TPSA) is 52.6 Å². The van der Waals surface area contributed by atoms with Gasteiger partial charge in [0.2, 0.25) is 0 Å².